The van der Waals surface area contributed by atoms with E-state index in [2.05, 4.69) is 27.4 Å². The fourth-order valence-corrected chi connectivity index (χ4v) is 6.87. The van der Waals surface area contributed by atoms with Crippen molar-refractivity contribution in [2.45, 2.75) is 156 Å². The zero-order valence-electron chi connectivity index (χ0n) is 25.2. The molecule has 0 radical (unpaired) electrons. The van der Waals surface area contributed by atoms with Crippen LogP contribution in [0.1, 0.15) is 150 Å². The SMILES string of the molecule is C=C(C)C(=O)OCCC[Si](OCCCCCCCC)(OCCCCCCCC)OCCCCCCCC. The molecular weight excluding hydrogens is 480 g/mol. The van der Waals surface area contributed by atoms with Crippen molar-refractivity contribution in [1.29, 1.82) is 0 Å². The Morgan fingerprint density at radius 3 is 1.24 bits per heavy atom. The molecule has 0 atom stereocenters. The van der Waals surface area contributed by atoms with E-state index in [9.17, 15) is 4.79 Å². The van der Waals surface area contributed by atoms with Crippen LogP contribution in [0.15, 0.2) is 12.2 Å². The van der Waals surface area contributed by atoms with E-state index in [1.807, 2.05) is 0 Å². The van der Waals surface area contributed by atoms with Crippen molar-refractivity contribution in [3.8, 4) is 0 Å². The van der Waals surface area contributed by atoms with Gasteiger partial charge in [0.25, 0.3) is 0 Å². The minimum absolute atomic E-state index is 0.332. The van der Waals surface area contributed by atoms with Crippen LogP contribution in [-0.4, -0.2) is 41.2 Å². The highest BCUT2D eigenvalue weighted by Crippen LogP contribution is 2.22. The van der Waals surface area contributed by atoms with E-state index in [1.54, 1.807) is 6.92 Å². The van der Waals surface area contributed by atoms with Gasteiger partial charge in [-0.2, -0.15) is 0 Å². The second kappa shape index (κ2) is 26.9. The van der Waals surface area contributed by atoms with Crippen LogP contribution < -0.4 is 0 Å². The summed E-state index contributed by atoms with van der Waals surface area (Å²) in [6.07, 6.45) is 22.8. The third kappa shape index (κ3) is 23.0. The first-order chi connectivity index (χ1) is 18.0. The molecule has 220 valence electrons. The maximum absolute atomic E-state index is 11.8. The van der Waals surface area contributed by atoms with Gasteiger partial charge in [0.05, 0.1) is 6.61 Å². The highest BCUT2D eigenvalue weighted by atomic mass is 28.4. The van der Waals surface area contributed by atoms with E-state index in [-0.39, 0.29) is 5.97 Å². The number of hydrogen-bond acceptors (Lipinski definition) is 5. The first-order valence-electron chi connectivity index (χ1n) is 15.8. The summed E-state index contributed by atoms with van der Waals surface area (Å²) in [6.45, 7) is 14.5. The van der Waals surface area contributed by atoms with Gasteiger partial charge in [-0.25, -0.2) is 4.79 Å². The lowest BCUT2D eigenvalue weighted by Gasteiger charge is -2.30. The minimum atomic E-state index is -2.83. The summed E-state index contributed by atoms with van der Waals surface area (Å²) in [5.74, 6) is -0.332. The summed E-state index contributed by atoms with van der Waals surface area (Å²) in [7, 11) is -2.83. The van der Waals surface area contributed by atoms with Crippen molar-refractivity contribution in [2.24, 2.45) is 0 Å². The molecule has 0 rings (SSSR count). The topological polar surface area (TPSA) is 54.0 Å². The quantitative estimate of drug-likeness (QED) is 0.0407. The molecule has 5 nitrogen and oxygen atoms in total. The van der Waals surface area contributed by atoms with Gasteiger partial charge in [-0.05, 0) is 32.6 Å². The van der Waals surface area contributed by atoms with Crippen LogP contribution in [0.25, 0.3) is 0 Å². The van der Waals surface area contributed by atoms with Gasteiger partial charge in [0, 0.05) is 31.4 Å². The lowest BCUT2D eigenvalue weighted by atomic mass is 10.1. The number of rotatable bonds is 29. The molecule has 0 fully saturated rings. The second-order valence-corrected chi connectivity index (χ2v) is 13.3. The fourth-order valence-electron chi connectivity index (χ4n) is 4.25. The van der Waals surface area contributed by atoms with Gasteiger partial charge in [-0.3, -0.25) is 0 Å². The van der Waals surface area contributed by atoms with E-state index in [4.69, 9.17) is 18.0 Å². The number of carbonyl (C=O) groups excluding carboxylic acids is 1. The normalized spacial score (nSPS) is 11.7. The maximum atomic E-state index is 11.8. The van der Waals surface area contributed by atoms with Crippen LogP contribution >= 0.6 is 0 Å². The summed E-state index contributed by atoms with van der Waals surface area (Å²) in [6, 6.07) is 0.692. The Morgan fingerprint density at radius 2 is 0.892 bits per heavy atom. The Labute approximate surface area is 231 Å². The van der Waals surface area contributed by atoms with E-state index in [0.29, 0.717) is 44.5 Å². The molecule has 0 N–H and O–H groups in total. The number of hydrogen-bond donors (Lipinski definition) is 0. The third-order valence-electron chi connectivity index (χ3n) is 6.67. The number of ether oxygens (including phenoxy) is 1. The second-order valence-electron chi connectivity index (χ2n) is 10.6. The van der Waals surface area contributed by atoms with E-state index in [1.165, 1.54) is 96.3 Å². The van der Waals surface area contributed by atoms with Crippen LogP contribution in [0.2, 0.25) is 6.04 Å². The molecule has 0 bridgehead atoms. The number of unbranched alkanes of at least 4 members (excludes halogenated alkanes) is 15. The standard InChI is InChI=1S/C31H62O5Si/c1-6-9-12-15-18-21-26-34-37(29-24-25-33-31(32)30(4)5,35-27-22-19-16-13-10-7-2)36-28-23-20-17-14-11-8-3/h4,6-29H2,1-3,5H3. The van der Waals surface area contributed by atoms with Gasteiger partial charge in [-0.15, -0.1) is 0 Å². The van der Waals surface area contributed by atoms with Crippen LogP contribution in [0.4, 0.5) is 0 Å². The fraction of sp³-hybridized carbons (Fsp3) is 0.903. The van der Waals surface area contributed by atoms with Gasteiger partial charge >= 0.3 is 14.8 Å². The van der Waals surface area contributed by atoms with Gasteiger partial charge in [0.15, 0.2) is 0 Å². The van der Waals surface area contributed by atoms with Gasteiger partial charge in [-0.1, -0.05) is 124 Å². The van der Waals surface area contributed by atoms with Crippen molar-refractivity contribution < 1.29 is 22.8 Å². The molecule has 0 aliphatic rings. The average Bonchev–Trinajstić information content (AvgIpc) is 2.89. The van der Waals surface area contributed by atoms with Crippen molar-refractivity contribution in [3.63, 3.8) is 0 Å². The molecule has 0 spiro atoms. The zero-order valence-corrected chi connectivity index (χ0v) is 26.2. The monoisotopic (exact) mass is 542 g/mol. The van der Waals surface area contributed by atoms with E-state index < -0.39 is 8.80 Å². The zero-order chi connectivity index (χ0) is 27.5. The summed E-state index contributed by atoms with van der Waals surface area (Å²) < 4.78 is 24.9. The molecule has 0 unspecified atom stereocenters. The molecule has 0 aliphatic heterocycles. The number of esters is 1. The Morgan fingerprint density at radius 1 is 0.541 bits per heavy atom. The Hall–Kier alpha value is -0.693. The smallest absolute Gasteiger partial charge is 0.462 e. The molecule has 0 heterocycles. The molecule has 0 aromatic carbocycles. The molecule has 0 amide bonds. The van der Waals surface area contributed by atoms with Crippen molar-refractivity contribution in [3.05, 3.63) is 12.2 Å². The summed E-state index contributed by atoms with van der Waals surface area (Å²) in [4.78, 5) is 11.8. The van der Waals surface area contributed by atoms with Crippen LogP contribution in [0.5, 0.6) is 0 Å². The van der Waals surface area contributed by atoms with Crippen molar-refractivity contribution in [2.75, 3.05) is 26.4 Å². The first kappa shape index (κ1) is 36.3. The van der Waals surface area contributed by atoms with Gasteiger partial charge < -0.3 is 18.0 Å². The lowest BCUT2D eigenvalue weighted by Crippen LogP contribution is -2.47. The largest absolute Gasteiger partial charge is 0.501 e. The van der Waals surface area contributed by atoms with Crippen LogP contribution in [0.3, 0.4) is 0 Å². The molecule has 6 heteroatoms. The predicted octanol–water partition coefficient (Wildman–Crippen LogP) is 9.57. The van der Waals surface area contributed by atoms with Crippen molar-refractivity contribution in [1.82, 2.24) is 0 Å². The lowest BCUT2D eigenvalue weighted by molar-refractivity contribution is -0.139. The summed E-state index contributed by atoms with van der Waals surface area (Å²) >= 11 is 0. The third-order valence-corrected chi connectivity index (χ3v) is 9.57. The van der Waals surface area contributed by atoms with Crippen molar-refractivity contribution >= 4 is 14.8 Å². The highest BCUT2D eigenvalue weighted by Gasteiger charge is 2.40. The molecule has 0 saturated carbocycles. The van der Waals surface area contributed by atoms with E-state index in [0.717, 1.165) is 19.3 Å². The van der Waals surface area contributed by atoms with Gasteiger partial charge in [0.1, 0.15) is 0 Å². The molecule has 37 heavy (non-hydrogen) atoms. The minimum Gasteiger partial charge on any atom is -0.462 e. The van der Waals surface area contributed by atoms with Crippen LogP contribution in [-0.2, 0) is 22.8 Å². The summed E-state index contributed by atoms with van der Waals surface area (Å²) in [5.41, 5.74) is 0.432. The Balaban J connectivity index is 4.92. The Kier molecular flexibility index (Phi) is 26.4. The molecule has 0 saturated heterocycles. The molecule has 0 aromatic heterocycles. The van der Waals surface area contributed by atoms with Crippen LogP contribution in [0, 0.1) is 0 Å². The summed E-state index contributed by atoms with van der Waals surface area (Å²) in [5, 5.41) is 0. The molecule has 0 aromatic rings. The first-order valence-corrected chi connectivity index (χ1v) is 17.7. The predicted molar refractivity (Wildman–Crippen MR) is 159 cm³/mol. The highest BCUT2D eigenvalue weighted by molar-refractivity contribution is 6.60. The van der Waals surface area contributed by atoms with Gasteiger partial charge in [0.2, 0.25) is 0 Å². The molecule has 0 aliphatic carbocycles. The van der Waals surface area contributed by atoms with E-state index >= 15 is 0 Å². The molecular formula is C31H62O5Si. The average molecular weight is 543 g/mol. The Bertz CT molecular complexity index is 480. The maximum Gasteiger partial charge on any atom is 0.501 e. The number of carbonyl (C=O) groups is 1.